The Morgan fingerprint density at radius 3 is 1.31 bits per heavy atom. The molecule has 1 amide bonds. The van der Waals surface area contributed by atoms with Gasteiger partial charge in [-0.1, -0.05) is 202 Å². The highest BCUT2D eigenvalue weighted by atomic mass is 32.2. The summed E-state index contributed by atoms with van der Waals surface area (Å²) in [5.41, 5.74) is 0. The van der Waals surface area contributed by atoms with Crippen LogP contribution < -0.4 is 5.32 Å². The van der Waals surface area contributed by atoms with Crippen LogP contribution in [0.5, 0.6) is 0 Å². The minimum atomic E-state index is -4.38. The zero-order valence-corrected chi connectivity index (χ0v) is 33.5. The molecule has 0 radical (unpaired) electrons. The number of hydrogen-bond acceptors (Lipinski definition) is 4. The Kier molecular flexibility index (Phi) is 35.9. The molecule has 0 aromatic heterocycles. The molecule has 0 aliphatic heterocycles. The molecule has 0 saturated heterocycles. The third-order valence-electron chi connectivity index (χ3n) is 8.92. The second kappa shape index (κ2) is 37.5. The van der Waals surface area contributed by atoms with Crippen LogP contribution >= 0.6 is 0 Å². The molecule has 0 bridgehead atoms. The highest BCUT2D eigenvalue weighted by Gasteiger charge is 2.24. The minimum absolute atomic E-state index is 0.0608. The smallest absolute Gasteiger partial charge is 0.267 e. The van der Waals surface area contributed by atoms with Crippen LogP contribution in [0.4, 0.5) is 0 Å². The van der Waals surface area contributed by atoms with Crippen molar-refractivity contribution in [3.05, 3.63) is 72.9 Å². The van der Waals surface area contributed by atoms with Crippen molar-refractivity contribution in [2.24, 2.45) is 0 Å². The van der Waals surface area contributed by atoms with E-state index in [1.807, 2.05) is 18.2 Å². The van der Waals surface area contributed by atoms with Crippen LogP contribution in [-0.4, -0.2) is 41.9 Å². The van der Waals surface area contributed by atoms with Crippen molar-refractivity contribution in [1.29, 1.82) is 0 Å². The van der Waals surface area contributed by atoms with Gasteiger partial charge in [0.25, 0.3) is 10.1 Å². The zero-order valence-electron chi connectivity index (χ0n) is 32.7. The van der Waals surface area contributed by atoms with E-state index in [4.69, 9.17) is 0 Å². The molecular formula is C44H77NO5S. The summed E-state index contributed by atoms with van der Waals surface area (Å²) in [6, 6.07) is -1.11. The van der Waals surface area contributed by atoms with Crippen LogP contribution in [0.15, 0.2) is 72.9 Å². The van der Waals surface area contributed by atoms with Gasteiger partial charge in [-0.2, -0.15) is 8.42 Å². The fraction of sp³-hybridized carbons (Fsp3) is 0.705. The second-order valence-corrected chi connectivity index (χ2v) is 15.4. The Balaban J connectivity index is 4.02. The van der Waals surface area contributed by atoms with Gasteiger partial charge in [-0.3, -0.25) is 9.35 Å². The third-order valence-corrected chi connectivity index (χ3v) is 9.70. The Bertz CT molecular complexity index is 1070. The number of amides is 1. The predicted molar refractivity (Wildman–Crippen MR) is 221 cm³/mol. The van der Waals surface area contributed by atoms with Crippen LogP contribution in [0.3, 0.4) is 0 Å². The maximum absolute atomic E-state index is 12.4. The van der Waals surface area contributed by atoms with Crippen molar-refractivity contribution >= 4 is 16.0 Å². The van der Waals surface area contributed by atoms with Gasteiger partial charge in [0.2, 0.25) is 5.91 Å². The van der Waals surface area contributed by atoms with Crippen molar-refractivity contribution in [1.82, 2.24) is 5.32 Å². The summed E-state index contributed by atoms with van der Waals surface area (Å²) in [4.78, 5) is 12.4. The fourth-order valence-electron chi connectivity index (χ4n) is 5.87. The quantitative estimate of drug-likeness (QED) is 0.0338. The minimum Gasteiger partial charge on any atom is -0.387 e. The first kappa shape index (κ1) is 48.8. The summed E-state index contributed by atoms with van der Waals surface area (Å²) in [7, 11) is -4.38. The molecule has 0 saturated carbocycles. The molecule has 0 heterocycles. The summed E-state index contributed by atoms with van der Waals surface area (Å²) in [6.45, 7) is 4.40. The maximum atomic E-state index is 12.4. The molecule has 0 aromatic carbocycles. The molecule has 0 fully saturated rings. The molecule has 0 rings (SSSR count). The highest BCUT2D eigenvalue weighted by Crippen LogP contribution is 2.15. The van der Waals surface area contributed by atoms with E-state index in [0.29, 0.717) is 6.42 Å². The van der Waals surface area contributed by atoms with Crippen molar-refractivity contribution in [2.75, 3.05) is 5.75 Å². The SMILES string of the molecule is CC/C=C\C/C=C\C/C=C\C/C=C\C/C=C\CC(=O)NC(CS(=O)(=O)O)C(O)/C=C/CCCCCCCCCCCCCCCCCCCCC. The molecule has 0 aliphatic rings. The van der Waals surface area contributed by atoms with Gasteiger partial charge in [0.05, 0.1) is 17.9 Å². The molecular weight excluding hydrogens is 655 g/mol. The summed E-state index contributed by atoms with van der Waals surface area (Å²) >= 11 is 0. The monoisotopic (exact) mass is 732 g/mol. The Morgan fingerprint density at radius 1 is 0.549 bits per heavy atom. The van der Waals surface area contributed by atoms with Crippen LogP contribution in [0.2, 0.25) is 0 Å². The summed E-state index contributed by atoms with van der Waals surface area (Å²) in [5.74, 6) is -1.15. The summed E-state index contributed by atoms with van der Waals surface area (Å²) in [6.07, 6.45) is 53.5. The van der Waals surface area contributed by atoms with Crippen molar-refractivity contribution in [3.8, 4) is 0 Å². The topological polar surface area (TPSA) is 104 Å². The van der Waals surface area contributed by atoms with Crippen molar-refractivity contribution in [3.63, 3.8) is 0 Å². The van der Waals surface area contributed by atoms with Gasteiger partial charge in [0.1, 0.15) is 0 Å². The first-order valence-corrected chi connectivity index (χ1v) is 22.2. The predicted octanol–water partition coefficient (Wildman–Crippen LogP) is 12.2. The molecule has 294 valence electrons. The lowest BCUT2D eigenvalue weighted by molar-refractivity contribution is -0.121. The van der Waals surface area contributed by atoms with Gasteiger partial charge in [0.15, 0.2) is 0 Å². The zero-order chi connectivity index (χ0) is 37.5. The lowest BCUT2D eigenvalue weighted by Gasteiger charge is -2.20. The van der Waals surface area contributed by atoms with E-state index in [1.54, 1.807) is 6.08 Å². The number of nitrogens with one attached hydrogen (secondary N) is 1. The van der Waals surface area contributed by atoms with Gasteiger partial charge >= 0.3 is 0 Å². The largest absolute Gasteiger partial charge is 0.387 e. The fourth-order valence-corrected chi connectivity index (χ4v) is 6.60. The van der Waals surface area contributed by atoms with Gasteiger partial charge in [-0.05, 0) is 44.9 Å². The molecule has 2 atom stereocenters. The molecule has 7 heteroatoms. The molecule has 2 unspecified atom stereocenters. The normalized spacial score (nSPS) is 14.0. The number of rotatable bonds is 36. The highest BCUT2D eigenvalue weighted by molar-refractivity contribution is 7.85. The first-order valence-electron chi connectivity index (χ1n) is 20.6. The van der Waals surface area contributed by atoms with E-state index in [-0.39, 0.29) is 6.42 Å². The first-order chi connectivity index (χ1) is 24.8. The lowest BCUT2D eigenvalue weighted by atomic mass is 10.0. The molecule has 0 spiro atoms. The Labute approximate surface area is 314 Å². The Morgan fingerprint density at radius 2 is 0.922 bits per heavy atom. The second-order valence-electron chi connectivity index (χ2n) is 13.9. The van der Waals surface area contributed by atoms with Crippen LogP contribution in [0.1, 0.15) is 181 Å². The average molecular weight is 732 g/mol. The van der Waals surface area contributed by atoms with Gasteiger partial charge in [-0.15, -0.1) is 0 Å². The van der Waals surface area contributed by atoms with E-state index in [9.17, 15) is 22.9 Å². The van der Waals surface area contributed by atoms with E-state index in [1.165, 1.54) is 115 Å². The number of unbranched alkanes of at least 4 members (excludes halogenated alkanes) is 19. The van der Waals surface area contributed by atoms with Crippen LogP contribution in [-0.2, 0) is 14.9 Å². The molecule has 0 aliphatic carbocycles. The van der Waals surface area contributed by atoms with E-state index in [0.717, 1.165) is 44.9 Å². The van der Waals surface area contributed by atoms with Gasteiger partial charge in [0, 0.05) is 6.42 Å². The molecule has 51 heavy (non-hydrogen) atoms. The number of carbonyl (C=O) groups excluding carboxylic acids is 1. The van der Waals surface area contributed by atoms with E-state index < -0.39 is 33.9 Å². The van der Waals surface area contributed by atoms with Gasteiger partial charge in [-0.25, -0.2) is 0 Å². The van der Waals surface area contributed by atoms with E-state index >= 15 is 0 Å². The standard InChI is InChI=1S/C44H77NO5S/c1-3-5-7-9-11-13-15-17-19-20-21-22-23-24-26-27-29-31-33-35-37-39-43(46)42(41-51(48,49)50)45-44(47)40-38-36-34-32-30-28-25-18-16-14-12-10-8-6-4-2/h6,8,12,14,18,25,30,32,36-39,42-43,46H,3-5,7,9-11,13,15-17,19-24,26-29,31,33-35,40-41H2,1-2H3,(H,45,47)(H,48,49,50)/b8-6-,14-12-,25-18-,32-30-,38-36-,39-37+. The van der Waals surface area contributed by atoms with Crippen LogP contribution in [0, 0.1) is 0 Å². The number of allylic oxidation sites excluding steroid dienone is 10. The molecule has 3 N–H and O–H groups in total. The van der Waals surface area contributed by atoms with Crippen molar-refractivity contribution in [2.45, 2.75) is 193 Å². The molecule has 6 nitrogen and oxygen atoms in total. The van der Waals surface area contributed by atoms with Gasteiger partial charge < -0.3 is 10.4 Å². The maximum Gasteiger partial charge on any atom is 0.267 e. The number of carbonyl (C=O) groups is 1. The number of hydrogen-bond donors (Lipinski definition) is 3. The van der Waals surface area contributed by atoms with Crippen LogP contribution in [0.25, 0.3) is 0 Å². The van der Waals surface area contributed by atoms with Crippen molar-refractivity contribution < 1.29 is 22.9 Å². The third kappa shape index (κ3) is 38.8. The summed E-state index contributed by atoms with van der Waals surface area (Å²) in [5, 5.41) is 13.1. The Hall–Kier alpha value is -2.22. The molecule has 0 aromatic rings. The van der Waals surface area contributed by atoms with E-state index in [2.05, 4.69) is 61.7 Å². The summed E-state index contributed by atoms with van der Waals surface area (Å²) < 4.78 is 32.4. The number of aliphatic hydroxyl groups excluding tert-OH is 1. The average Bonchev–Trinajstić information content (AvgIpc) is 3.09. The lowest BCUT2D eigenvalue weighted by Crippen LogP contribution is -2.46. The number of aliphatic hydroxyl groups is 1.